The monoisotopic (exact) mass is 346 g/mol. The van der Waals surface area contributed by atoms with Crippen LogP contribution in [0, 0.1) is 0 Å². The highest BCUT2D eigenvalue weighted by Gasteiger charge is 2.13. The number of nitrogens with one attached hydrogen (secondary N) is 1. The number of ether oxygens (including phenoxy) is 1. The molecular formula is C18H19ClN2O3. The van der Waals surface area contributed by atoms with E-state index in [0.717, 1.165) is 12.8 Å². The second-order valence-electron chi connectivity index (χ2n) is 5.25. The third-order valence-electron chi connectivity index (χ3n) is 3.38. The van der Waals surface area contributed by atoms with Gasteiger partial charge in [-0.2, -0.15) is 0 Å². The van der Waals surface area contributed by atoms with Crippen LogP contribution >= 0.6 is 11.6 Å². The van der Waals surface area contributed by atoms with E-state index in [0.29, 0.717) is 11.6 Å². The number of halogens is 1. The van der Waals surface area contributed by atoms with E-state index >= 15 is 0 Å². The van der Waals surface area contributed by atoms with Crippen LogP contribution < -0.4 is 11.1 Å². The van der Waals surface area contributed by atoms with Crippen LogP contribution in [0.1, 0.15) is 22.3 Å². The first kappa shape index (κ1) is 17.8. The van der Waals surface area contributed by atoms with Crippen molar-refractivity contribution in [3.05, 3.63) is 64.7 Å². The number of benzene rings is 2. The maximum absolute atomic E-state index is 11.9. The molecule has 3 N–H and O–H groups in total. The predicted molar refractivity (Wildman–Crippen MR) is 93.9 cm³/mol. The molecule has 24 heavy (non-hydrogen) atoms. The zero-order valence-corrected chi connectivity index (χ0v) is 13.9. The molecule has 0 aromatic heterocycles. The smallest absolute Gasteiger partial charge is 0.340 e. The summed E-state index contributed by atoms with van der Waals surface area (Å²) in [5, 5.41) is 3.15. The van der Waals surface area contributed by atoms with Gasteiger partial charge in [-0.05, 0) is 36.6 Å². The van der Waals surface area contributed by atoms with Crippen molar-refractivity contribution in [2.75, 3.05) is 18.9 Å². The highest BCUT2D eigenvalue weighted by atomic mass is 35.5. The molecule has 2 rings (SSSR count). The summed E-state index contributed by atoms with van der Waals surface area (Å²) in [6, 6.07) is 14.5. The molecule has 2 aromatic rings. The van der Waals surface area contributed by atoms with Gasteiger partial charge >= 0.3 is 5.97 Å². The standard InChI is InChI=1S/C18H19ClN2O3/c19-14-8-9-15(16(20)11-14)18(23)24-12-17(22)21-10-4-7-13-5-2-1-3-6-13/h1-3,5-6,8-9,11H,4,7,10,12,20H2,(H,21,22). The van der Waals surface area contributed by atoms with Crippen molar-refractivity contribution >= 4 is 29.2 Å². The molecule has 0 saturated heterocycles. The van der Waals surface area contributed by atoms with Gasteiger partial charge in [0.2, 0.25) is 0 Å². The van der Waals surface area contributed by atoms with Gasteiger partial charge in [-0.3, -0.25) is 4.79 Å². The lowest BCUT2D eigenvalue weighted by Gasteiger charge is -2.08. The molecule has 0 saturated carbocycles. The Bertz CT molecular complexity index is 705. The molecule has 0 heterocycles. The third-order valence-corrected chi connectivity index (χ3v) is 3.61. The zero-order chi connectivity index (χ0) is 17.4. The molecule has 0 aliphatic rings. The number of carbonyl (C=O) groups excluding carboxylic acids is 2. The zero-order valence-electron chi connectivity index (χ0n) is 13.1. The Morgan fingerprint density at radius 1 is 1.12 bits per heavy atom. The van der Waals surface area contributed by atoms with E-state index in [1.165, 1.54) is 23.8 Å². The van der Waals surface area contributed by atoms with Crippen molar-refractivity contribution < 1.29 is 14.3 Å². The maximum atomic E-state index is 11.9. The average molecular weight is 347 g/mol. The summed E-state index contributed by atoms with van der Waals surface area (Å²) >= 11 is 5.77. The van der Waals surface area contributed by atoms with E-state index in [4.69, 9.17) is 22.1 Å². The van der Waals surface area contributed by atoms with E-state index in [9.17, 15) is 9.59 Å². The second-order valence-corrected chi connectivity index (χ2v) is 5.68. The van der Waals surface area contributed by atoms with Crippen molar-refractivity contribution in [1.82, 2.24) is 5.32 Å². The van der Waals surface area contributed by atoms with Gasteiger partial charge in [-0.1, -0.05) is 41.9 Å². The topological polar surface area (TPSA) is 81.4 Å². The van der Waals surface area contributed by atoms with E-state index in [1.54, 1.807) is 0 Å². The number of hydrogen-bond donors (Lipinski definition) is 2. The molecule has 0 unspecified atom stereocenters. The number of nitrogens with two attached hydrogens (primary N) is 1. The lowest BCUT2D eigenvalue weighted by molar-refractivity contribution is -0.124. The Kier molecular flexibility index (Phi) is 6.63. The summed E-state index contributed by atoms with van der Waals surface area (Å²) in [5.41, 5.74) is 7.32. The molecule has 0 bridgehead atoms. The lowest BCUT2D eigenvalue weighted by atomic mass is 10.1. The van der Waals surface area contributed by atoms with Crippen molar-refractivity contribution in [1.29, 1.82) is 0 Å². The molecule has 0 aliphatic heterocycles. The van der Waals surface area contributed by atoms with E-state index < -0.39 is 5.97 Å². The average Bonchev–Trinajstić information content (AvgIpc) is 2.57. The van der Waals surface area contributed by atoms with Gasteiger partial charge in [-0.15, -0.1) is 0 Å². The number of anilines is 1. The van der Waals surface area contributed by atoms with Gasteiger partial charge in [0, 0.05) is 17.3 Å². The maximum Gasteiger partial charge on any atom is 0.340 e. The molecule has 0 fully saturated rings. The molecular weight excluding hydrogens is 328 g/mol. The second kappa shape index (κ2) is 8.93. The van der Waals surface area contributed by atoms with Crippen molar-refractivity contribution in [2.45, 2.75) is 12.8 Å². The van der Waals surface area contributed by atoms with Crippen molar-refractivity contribution in [3.63, 3.8) is 0 Å². The van der Waals surface area contributed by atoms with Crippen LogP contribution in [-0.4, -0.2) is 25.0 Å². The number of carbonyl (C=O) groups is 2. The minimum atomic E-state index is -0.649. The molecule has 2 aromatic carbocycles. The van der Waals surface area contributed by atoms with E-state index in [-0.39, 0.29) is 23.8 Å². The van der Waals surface area contributed by atoms with Crippen molar-refractivity contribution in [2.24, 2.45) is 0 Å². The van der Waals surface area contributed by atoms with E-state index in [2.05, 4.69) is 5.32 Å². The van der Waals surface area contributed by atoms with Crippen LogP contribution in [0.25, 0.3) is 0 Å². The summed E-state index contributed by atoms with van der Waals surface area (Å²) < 4.78 is 4.95. The van der Waals surface area contributed by atoms with Crippen LogP contribution in [0.2, 0.25) is 5.02 Å². The molecule has 126 valence electrons. The molecule has 0 atom stereocenters. The quantitative estimate of drug-likeness (QED) is 0.459. The minimum Gasteiger partial charge on any atom is -0.452 e. The normalized spacial score (nSPS) is 10.2. The third kappa shape index (κ3) is 5.59. The number of rotatable bonds is 7. The van der Waals surface area contributed by atoms with Gasteiger partial charge in [-0.25, -0.2) is 4.79 Å². The molecule has 0 aliphatic carbocycles. The first-order chi connectivity index (χ1) is 11.6. The highest BCUT2D eigenvalue weighted by molar-refractivity contribution is 6.31. The number of hydrogen-bond acceptors (Lipinski definition) is 4. The Morgan fingerprint density at radius 3 is 2.58 bits per heavy atom. The number of nitrogen functional groups attached to an aromatic ring is 1. The van der Waals surface area contributed by atoms with Gasteiger partial charge in [0.15, 0.2) is 6.61 Å². The van der Waals surface area contributed by atoms with Crippen LogP contribution in [0.3, 0.4) is 0 Å². The van der Waals surface area contributed by atoms with Gasteiger partial charge in [0.25, 0.3) is 5.91 Å². The fourth-order valence-corrected chi connectivity index (χ4v) is 2.32. The fraction of sp³-hybridized carbons (Fsp3) is 0.222. The van der Waals surface area contributed by atoms with Crippen molar-refractivity contribution in [3.8, 4) is 0 Å². The fourth-order valence-electron chi connectivity index (χ4n) is 2.14. The summed E-state index contributed by atoms with van der Waals surface area (Å²) in [7, 11) is 0. The number of amides is 1. The molecule has 6 heteroatoms. The Hall–Kier alpha value is -2.53. The molecule has 1 amide bonds. The van der Waals surface area contributed by atoms with Gasteiger partial charge in [0.05, 0.1) is 5.56 Å². The Morgan fingerprint density at radius 2 is 1.88 bits per heavy atom. The summed E-state index contributed by atoms with van der Waals surface area (Å²) in [5.74, 6) is -0.993. The first-order valence-corrected chi connectivity index (χ1v) is 7.97. The summed E-state index contributed by atoms with van der Waals surface area (Å²) in [4.78, 5) is 23.6. The number of aryl methyl sites for hydroxylation is 1. The van der Waals surface area contributed by atoms with Crippen LogP contribution in [-0.2, 0) is 16.0 Å². The van der Waals surface area contributed by atoms with Gasteiger partial charge in [0.1, 0.15) is 0 Å². The SMILES string of the molecule is Nc1cc(Cl)ccc1C(=O)OCC(=O)NCCCc1ccccc1. The van der Waals surface area contributed by atoms with Crippen LogP contribution in [0.4, 0.5) is 5.69 Å². The summed E-state index contributed by atoms with van der Waals surface area (Å²) in [6.45, 7) is 0.181. The Labute approximate surface area is 145 Å². The van der Waals surface area contributed by atoms with Gasteiger partial charge < -0.3 is 15.8 Å². The number of esters is 1. The van der Waals surface area contributed by atoms with Crippen LogP contribution in [0.5, 0.6) is 0 Å². The first-order valence-electron chi connectivity index (χ1n) is 7.59. The molecule has 0 radical (unpaired) electrons. The highest BCUT2D eigenvalue weighted by Crippen LogP contribution is 2.18. The predicted octanol–water partition coefficient (Wildman–Crippen LogP) is 2.83. The molecule has 5 nitrogen and oxygen atoms in total. The van der Waals surface area contributed by atoms with Crippen LogP contribution in [0.15, 0.2) is 48.5 Å². The Balaban J connectivity index is 1.68. The van der Waals surface area contributed by atoms with E-state index in [1.807, 2.05) is 30.3 Å². The molecule has 0 spiro atoms. The summed E-state index contributed by atoms with van der Waals surface area (Å²) in [6.07, 6.45) is 1.69. The largest absolute Gasteiger partial charge is 0.452 e. The lowest BCUT2D eigenvalue weighted by Crippen LogP contribution is -2.30. The minimum absolute atomic E-state index is 0.191.